The van der Waals surface area contributed by atoms with E-state index in [-0.39, 0.29) is 0 Å². The second-order valence-corrected chi connectivity index (χ2v) is 6.05. The van der Waals surface area contributed by atoms with Crippen LogP contribution in [0.5, 0.6) is 0 Å². The van der Waals surface area contributed by atoms with E-state index < -0.39 is 0 Å². The minimum atomic E-state index is 1.03. The maximum atomic E-state index is 4.33. The van der Waals surface area contributed by atoms with Gasteiger partial charge in [-0.3, -0.25) is 0 Å². The summed E-state index contributed by atoms with van der Waals surface area (Å²) < 4.78 is 0. The molecule has 0 N–H and O–H groups in total. The van der Waals surface area contributed by atoms with Crippen molar-refractivity contribution in [1.29, 1.82) is 0 Å². The Bertz CT molecular complexity index is 570. The van der Waals surface area contributed by atoms with E-state index in [4.69, 9.17) is 0 Å². The number of anilines is 2. The molecule has 0 bridgehead atoms. The third kappa shape index (κ3) is 2.91. The van der Waals surface area contributed by atoms with E-state index in [9.17, 15) is 0 Å². The quantitative estimate of drug-likeness (QED) is 0.830. The van der Waals surface area contributed by atoms with Crippen molar-refractivity contribution in [3.63, 3.8) is 0 Å². The molecule has 0 unspecified atom stereocenters. The summed E-state index contributed by atoms with van der Waals surface area (Å²) in [7, 11) is 0. The molecule has 1 aromatic heterocycles. The molecule has 1 aliphatic heterocycles. The zero-order valence-corrected chi connectivity index (χ0v) is 13.6. The Morgan fingerprint density at radius 3 is 2.62 bits per heavy atom. The molecule has 0 aliphatic carbocycles. The van der Waals surface area contributed by atoms with Crippen LogP contribution in [0.15, 0.2) is 23.6 Å². The van der Waals surface area contributed by atoms with Gasteiger partial charge in [-0.2, -0.15) is 0 Å². The molecule has 0 saturated carbocycles. The van der Waals surface area contributed by atoms with Crippen molar-refractivity contribution in [2.24, 2.45) is 0 Å². The summed E-state index contributed by atoms with van der Waals surface area (Å²) in [6, 6.07) is 6.76. The van der Waals surface area contributed by atoms with Crippen molar-refractivity contribution >= 4 is 22.7 Å². The van der Waals surface area contributed by atoms with Crippen LogP contribution in [0.4, 0.5) is 11.4 Å². The molecular formula is C17H22N3S. The van der Waals surface area contributed by atoms with E-state index in [0.717, 1.165) is 18.8 Å². The van der Waals surface area contributed by atoms with E-state index in [0.29, 0.717) is 0 Å². The van der Waals surface area contributed by atoms with E-state index in [1.165, 1.54) is 54.2 Å². The fourth-order valence-electron chi connectivity index (χ4n) is 3.04. The predicted octanol–water partition coefficient (Wildman–Crippen LogP) is 4.06. The summed E-state index contributed by atoms with van der Waals surface area (Å²) in [5, 5.41) is 2.07. The molecule has 0 amide bonds. The highest BCUT2D eigenvalue weighted by Gasteiger charge is 2.19. The van der Waals surface area contributed by atoms with Gasteiger partial charge in [-0.15, -0.1) is 11.3 Å². The van der Waals surface area contributed by atoms with Crippen LogP contribution in [0.25, 0.3) is 11.3 Å². The van der Waals surface area contributed by atoms with Gasteiger partial charge in [0.15, 0.2) is 5.51 Å². The minimum Gasteiger partial charge on any atom is -0.370 e. The number of aromatic nitrogens is 1. The van der Waals surface area contributed by atoms with Gasteiger partial charge in [0.25, 0.3) is 0 Å². The first kappa shape index (κ1) is 14.4. The first-order chi connectivity index (χ1) is 10.3. The zero-order valence-electron chi connectivity index (χ0n) is 12.8. The lowest BCUT2D eigenvalue weighted by atomic mass is 10.1. The van der Waals surface area contributed by atoms with E-state index in [1.54, 1.807) is 0 Å². The van der Waals surface area contributed by atoms with Gasteiger partial charge in [-0.1, -0.05) is 6.07 Å². The van der Waals surface area contributed by atoms with Gasteiger partial charge in [0.1, 0.15) is 0 Å². The molecule has 21 heavy (non-hydrogen) atoms. The number of hydrogen-bond donors (Lipinski definition) is 0. The molecular weight excluding hydrogens is 278 g/mol. The maximum Gasteiger partial charge on any atom is 0.152 e. The van der Waals surface area contributed by atoms with Crippen molar-refractivity contribution < 1.29 is 0 Å². The first-order valence-electron chi connectivity index (χ1n) is 7.79. The molecule has 3 rings (SSSR count). The van der Waals surface area contributed by atoms with Crippen LogP contribution in [0.3, 0.4) is 0 Å². The van der Waals surface area contributed by atoms with Crippen LogP contribution < -0.4 is 9.80 Å². The zero-order chi connectivity index (χ0) is 14.7. The Labute approximate surface area is 131 Å². The van der Waals surface area contributed by atoms with Crippen LogP contribution in [0.1, 0.15) is 26.7 Å². The molecule has 3 nitrogen and oxygen atoms in total. The lowest BCUT2D eigenvalue weighted by molar-refractivity contribution is 0.856. The Morgan fingerprint density at radius 1 is 1.24 bits per heavy atom. The number of thiazole rings is 1. The molecule has 1 aliphatic rings. The molecule has 0 atom stereocenters. The summed E-state index contributed by atoms with van der Waals surface area (Å²) in [6.45, 7) is 8.87. The predicted molar refractivity (Wildman–Crippen MR) is 91.4 cm³/mol. The molecule has 1 radical (unpaired) electrons. The molecule has 1 aromatic carbocycles. The Hall–Kier alpha value is -1.55. The Morgan fingerprint density at radius 2 is 2.00 bits per heavy atom. The van der Waals surface area contributed by atoms with Gasteiger partial charge in [-0.05, 0) is 38.8 Å². The lowest BCUT2D eigenvalue weighted by Crippen LogP contribution is -2.26. The van der Waals surface area contributed by atoms with Crippen molar-refractivity contribution in [2.75, 3.05) is 36.0 Å². The third-order valence-electron chi connectivity index (χ3n) is 4.21. The lowest BCUT2D eigenvalue weighted by Gasteiger charge is -2.29. The van der Waals surface area contributed by atoms with E-state index >= 15 is 0 Å². The summed E-state index contributed by atoms with van der Waals surface area (Å²) in [5.41, 5.74) is 7.89. The first-order valence-corrected chi connectivity index (χ1v) is 8.67. The third-order valence-corrected chi connectivity index (χ3v) is 4.75. The number of hydrogen-bond acceptors (Lipinski definition) is 4. The number of nitrogens with zero attached hydrogens (tertiary/aromatic N) is 3. The normalized spacial score (nSPS) is 14.7. The molecule has 1 fully saturated rings. The second kappa shape index (κ2) is 6.48. The standard InChI is InChI=1S/C17H22N3S/c1-3-19(4-2)16-8-7-14(15-12-21-13-18-15)11-17(16)20-9-5-6-10-20/h7-8,11-12H,3-6,9-10H2,1-2H3. The average Bonchev–Trinajstić information content (AvgIpc) is 3.22. The van der Waals surface area contributed by atoms with Crippen LogP contribution in [-0.2, 0) is 0 Å². The molecule has 2 heterocycles. The summed E-state index contributed by atoms with van der Waals surface area (Å²) in [5.74, 6) is 0. The van der Waals surface area contributed by atoms with Gasteiger partial charge < -0.3 is 9.80 Å². The van der Waals surface area contributed by atoms with Crippen LogP contribution in [0.2, 0.25) is 0 Å². The van der Waals surface area contributed by atoms with Crippen molar-refractivity contribution in [3.8, 4) is 11.3 Å². The van der Waals surface area contributed by atoms with Crippen molar-refractivity contribution in [3.05, 3.63) is 29.1 Å². The molecule has 111 valence electrons. The smallest absolute Gasteiger partial charge is 0.152 e. The molecule has 1 saturated heterocycles. The maximum absolute atomic E-state index is 4.33. The van der Waals surface area contributed by atoms with Gasteiger partial charge in [0, 0.05) is 37.1 Å². The molecule has 2 aromatic rings. The van der Waals surface area contributed by atoms with Gasteiger partial charge in [0.2, 0.25) is 0 Å². The number of rotatable bonds is 5. The van der Waals surface area contributed by atoms with E-state index in [2.05, 4.69) is 57.7 Å². The second-order valence-electron chi connectivity index (χ2n) is 5.39. The average molecular weight is 300 g/mol. The van der Waals surface area contributed by atoms with Crippen LogP contribution in [-0.4, -0.2) is 31.2 Å². The Balaban J connectivity index is 2.03. The highest BCUT2D eigenvalue weighted by Crippen LogP contribution is 2.35. The monoisotopic (exact) mass is 300 g/mol. The van der Waals surface area contributed by atoms with Crippen molar-refractivity contribution in [1.82, 2.24) is 4.98 Å². The largest absolute Gasteiger partial charge is 0.370 e. The van der Waals surface area contributed by atoms with Gasteiger partial charge in [0.05, 0.1) is 17.1 Å². The van der Waals surface area contributed by atoms with E-state index in [1.807, 2.05) is 0 Å². The fraction of sp³-hybridized carbons (Fsp3) is 0.471. The van der Waals surface area contributed by atoms with Gasteiger partial charge >= 0.3 is 0 Å². The summed E-state index contributed by atoms with van der Waals surface area (Å²) >= 11 is 1.53. The van der Waals surface area contributed by atoms with Crippen molar-refractivity contribution in [2.45, 2.75) is 26.7 Å². The number of benzene rings is 1. The summed E-state index contributed by atoms with van der Waals surface area (Å²) in [4.78, 5) is 9.29. The topological polar surface area (TPSA) is 19.4 Å². The minimum absolute atomic E-state index is 1.03. The van der Waals surface area contributed by atoms with Gasteiger partial charge in [-0.25, -0.2) is 4.98 Å². The van der Waals surface area contributed by atoms with Crippen LogP contribution >= 0.6 is 11.3 Å². The highest BCUT2D eigenvalue weighted by molar-refractivity contribution is 7.07. The highest BCUT2D eigenvalue weighted by atomic mass is 32.1. The fourth-order valence-corrected chi connectivity index (χ4v) is 3.55. The molecule has 0 spiro atoms. The SMILES string of the molecule is CCN(CC)c1ccc(-c2cs[c]n2)cc1N1CCCC1. The Kier molecular flexibility index (Phi) is 4.44. The summed E-state index contributed by atoms with van der Waals surface area (Å²) in [6.07, 6.45) is 2.60. The molecule has 4 heteroatoms. The van der Waals surface area contributed by atoms with Crippen LogP contribution in [0, 0.1) is 5.51 Å².